The zero-order valence-electron chi connectivity index (χ0n) is 13.4. The third kappa shape index (κ3) is 3.83. The van der Waals surface area contributed by atoms with Crippen molar-refractivity contribution in [3.8, 4) is 0 Å². The molecular formula is C16H18N4O3S. The molecule has 24 heavy (non-hydrogen) atoms. The summed E-state index contributed by atoms with van der Waals surface area (Å²) in [4.78, 5) is 40.3. The predicted molar refractivity (Wildman–Crippen MR) is 94.1 cm³/mol. The Kier molecular flexibility index (Phi) is 5.75. The van der Waals surface area contributed by atoms with Crippen molar-refractivity contribution in [2.45, 2.75) is 23.9 Å². The van der Waals surface area contributed by atoms with Crippen LogP contribution < -0.4 is 16.2 Å². The fraction of sp³-hybridized carbons (Fsp3) is 0.250. The number of thioether (sulfide) groups is 1. The van der Waals surface area contributed by atoms with Crippen molar-refractivity contribution in [2.24, 2.45) is 0 Å². The van der Waals surface area contributed by atoms with Gasteiger partial charge in [0, 0.05) is 13.6 Å². The van der Waals surface area contributed by atoms with E-state index in [1.165, 1.54) is 11.6 Å². The number of hydrogen-bond donors (Lipinski definition) is 2. The van der Waals surface area contributed by atoms with Crippen molar-refractivity contribution >= 4 is 34.6 Å². The van der Waals surface area contributed by atoms with E-state index in [9.17, 15) is 14.4 Å². The fourth-order valence-corrected chi connectivity index (χ4v) is 2.93. The molecular weight excluding hydrogens is 328 g/mol. The van der Waals surface area contributed by atoms with E-state index in [0.717, 1.165) is 11.8 Å². The lowest BCUT2D eigenvalue weighted by Crippen LogP contribution is -2.41. The monoisotopic (exact) mass is 346 g/mol. The largest absolute Gasteiger partial charge is 0.341 e. The summed E-state index contributed by atoms with van der Waals surface area (Å²) < 4.78 is 1.46. The van der Waals surface area contributed by atoms with Gasteiger partial charge in [-0.15, -0.1) is 6.58 Å². The van der Waals surface area contributed by atoms with E-state index < -0.39 is 17.2 Å². The number of rotatable bonds is 5. The summed E-state index contributed by atoms with van der Waals surface area (Å²) in [7, 11) is 1.42. The predicted octanol–water partition coefficient (Wildman–Crippen LogP) is 1.52. The Bertz CT molecular complexity index is 847. The van der Waals surface area contributed by atoms with Crippen LogP contribution in [0.4, 0.5) is 4.79 Å². The number of para-hydroxylation sites is 1. The zero-order valence-corrected chi connectivity index (χ0v) is 14.2. The number of imide groups is 1. The number of carbonyl (C=O) groups excluding carboxylic acids is 2. The number of nitrogens with zero attached hydrogens (tertiary/aromatic N) is 2. The summed E-state index contributed by atoms with van der Waals surface area (Å²) in [6.07, 6.45) is 1.59. The number of benzene rings is 1. The molecule has 2 aromatic rings. The lowest BCUT2D eigenvalue weighted by atomic mass is 10.2. The Balaban J connectivity index is 2.38. The lowest BCUT2D eigenvalue weighted by molar-refractivity contribution is -0.119. The molecule has 3 amide bonds. The zero-order chi connectivity index (χ0) is 17.7. The van der Waals surface area contributed by atoms with Gasteiger partial charge in [-0.05, 0) is 19.1 Å². The SMILES string of the molecule is C=CCn1c(S[C@H](C)C(=O)NC(=O)NC)nc2ccccc2c1=O. The Labute approximate surface area is 143 Å². The molecule has 0 bridgehead atoms. The Morgan fingerprint density at radius 2 is 2.12 bits per heavy atom. The molecule has 1 atom stereocenters. The third-order valence-corrected chi connectivity index (χ3v) is 4.34. The van der Waals surface area contributed by atoms with Crippen molar-refractivity contribution < 1.29 is 9.59 Å². The number of urea groups is 1. The third-order valence-electron chi connectivity index (χ3n) is 3.25. The standard InChI is InChI=1S/C16H18N4O3S/c1-4-9-20-14(22)11-7-5-6-8-12(11)18-16(20)24-10(2)13(21)19-15(23)17-3/h4-8,10H,1,9H2,2-3H3,(H2,17,19,21,23)/t10-/m1/s1. The first-order valence-corrected chi connectivity index (χ1v) is 8.15. The van der Waals surface area contributed by atoms with Crippen LogP contribution in [0, 0.1) is 0 Å². The summed E-state index contributed by atoms with van der Waals surface area (Å²) in [5.74, 6) is -0.466. The Morgan fingerprint density at radius 1 is 1.42 bits per heavy atom. The highest BCUT2D eigenvalue weighted by Gasteiger charge is 2.20. The number of hydrogen-bond acceptors (Lipinski definition) is 5. The Morgan fingerprint density at radius 3 is 2.79 bits per heavy atom. The van der Waals surface area contributed by atoms with E-state index in [-0.39, 0.29) is 12.1 Å². The molecule has 0 aliphatic rings. The quantitative estimate of drug-likeness (QED) is 0.486. The minimum atomic E-state index is -0.605. The molecule has 2 N–H and O–H groups in total. The van der Waals surface area contributed by atoms with Gasteiger partial charge in [0.15, 0.2) is 5.16 Å². The normalized spacial score (nSPS) is 11.8. The summed E-state index contributed by atoms with van der Waals surface area (Å²) >= 11 is 1.11. The molecule has 7 nitrogen and oxygen atoms in total. The molecule has 0 saturated heterocycles. The van der Waals surface area contributed by atoms with Crippen molar-refractivity contribution in [1.29, 1.82) is 0 Å². The number of fused-ring (bicyclic) bond motifs is 1. The fourth-order valence-electron chi connectivity index (χ4n) is 2.02. The minimum Gasteiger partial charge on any atom is -0.341 e. The summed E-state index contributed by atoms with van der Waals surface area (Å²) in [5, 5.41) is 4.82. The number of aromatic nitrogens is 2. The van der Waals surface area contributed by atoms with E-state index in [4.69, 9.17) is 0 Å². The van der Waals surface area contributed by atoms with Crippen LogP contribution in [0.2, 0.25) is 0 Å². The molecule has 8 heteroatoms. The van der Waals surface area contributed by atoms with Crippen molar-refractivity contribution in [3.63, 3.8) is 0 Å². The molecule has 0 radical (unpaired) electrons. The van der Waals surface area contributed by atoms with Crippen LogP contribution in [0.25, 0.3) is 10.9 Å². The summed E-state index contributed by atoms with van der Waals surface area (Å²) in [5.41, 5.74) is 0.367. The van der Waals surface area contributed by atoms with Crippen LogP contribution >= 0.6 is 11.8 Å². The van der Waals surface area contributed by atoms with Crippen LogP contribution in [0.1, 0.15) is 6.92 Å². The average molecular weight is 346 g/mol. The Hall–Kier alpha value is -2.61. The van der Waals surface area contributed by atoms with E-state index >= 15 is 0 Å². The molecule has 2 rings (SSSR count). The molecule has 126 valence electrons. The highest BCUT2D eigenvalue weighted by atomic mass is 32.2. The molecule has 0 aliphatic carbocycles. The lowest BCUT2D eigenvalue weighted by Gasteiger charge is -2.15. The molecule has 0 unspecified atom stereocenters. The molecule has 0 fully saturated rings. The molecule has 1 heterocycles. The number of nitrogens with one attached hydrogen (secondary N) is 2. The second-order valence-electron chi connectivity index (χ2n) is 4.94. The van der Waals surface area contributed by atoms with Crippen molar-refractivity contribution in [1.82, 2.24) is 20.2 Å². The molecule has 0 aliphatic heterocycles. The first kappa shape index (κ1) is 17.7. The van der Waals surface area contributed by atoms with Gasteiger partial charge >= 0.3 is 6.03 Å². The van der Waals surface area contributed by atoms with Crippen LogP contribution in [-0.2, 0) is 11.3 Å². The van der Waals surface area contributed by atoms with Gasteiger partial charge < -0.3 is 5.32 Å². The van der Waals surface area contributed by atoms with Crippen LogP contribution in [-0.4, -0.2) is 33.8 Å². The van der Waals surface area contributed by atoms with Gasteiger partial charge in [0.25, 0.3) is 5.56 Å². The van der Waals surface area contributed by atoms with Crippen LogP contribution in [0.15, 0.2) is 46.9 Å². The minimum absolute atomic E-state index is 0.193. The first-order valence-electron chi connectivity index (χ1n) is 7.27. The molecule has 0 saturated carbocycles. The maximum atomic E-state index is 12.6. The van der Waals surface area contributed by atoms with E-state index in [1.54, 1.807) is 37.3 Å². The van der Waals surface area contributed by atoms with Gasteiger partial charge in [0.1, 0.15) is 0 Å². The van der Waals surface area contributed by atoms with Gasteiger partial charge in [-0.2, -0.15) is 0 Å². The van der Waals surface area contributed by atoms with Crippen LogP contribution in [0.3, 0.4) is 0 Å². The van der Waals surface area contributed by atoms with E-state index in [1.807, 2.05) is 0 Å². The van der Waals surface area contributed by atoms with Crippen LogP contribution in [0.5, 0.6) is 0 Å². The highest BCUT2D eigenvalue weighted by Crippen LogP contribution is 2.22. The number of amides is 3. The van der Waals surface area contributed by atoms with Crippen molar-refractivity contribution in [2.75, 3.05) is 7.05 Å². The molecule has 0 spiro atoms. The number of carbonyl (C=O) groups is 2. The molecule has 1 aromatic heterocycles. The second-order valence-corrected chi connectivity index (χ2v) is 6.25. The van der Waals surface area contributed by atoms with E-state index in [2.05, 4.69) is 22.2 Å². The first-order chi connectivity index (χ1) is 11.5. The molecule has 1 aromatic carbocycles. The van der Waals surface area contributed by atoms with Gasteiger partial charge in [-0.3, -0.25) is 19.5 Å². The second kappa shape index (κ2) is 7.78. The average Bonchev–Trinajstić information content (AvgIpc) is 2.58. The maximum absolute atomic E-state index is 12.6. The summed E-state index contributed by atoms with van der Waals surface area (Å²) in [6, 6.07) is 6.44. The van der Waals surface area contributed by atoms with Crippen molar-refractivity contribution in [3.05, 3.63) is 47.3 Å². The van der Waals surface area contributed by atoms with Gasteiger partial charge in [0.2, 0.25) is 5.91 Å². The number of allylic oxidation sites excluding steroid dienone is 1. The highest BCUT2D eigenvalue weighted by molar-refractivity contribution is 8.00. The van der Waals surface area contributed by atoms with Gasteiger partial charge in [-0.25, -0.2) is 9.78 Å². The smallest absolute Gasteiger partial charge is 0.321 e. The van der Waals surface area contributed by atoms with Gasteiger partial charge in [-0.1, -0.05) is 30.0 Å². The topological polar surface area (TPSA) is 93.1 Å². The maximum Gasteiger partial charge on any atom is 0.321 e. The van der Waals surface area contributed by atoms with Gasteiger partial charge in [0.05, 0.1) is 16.2 Å². The van der Waals surface area contributed by atoms with E-state index in [0.29, 0.717) is 16.1 Å². The summed E-state index contributed by atoms with van der Waals surface area (Å²) in [6.45, 7) is 5.58.